The Morgan fingerprint density at radius 1 is 1.03 bits per heavy atom. The predicted octanol–water partition coefficient (Wildman–Crippen LogP) is 3.70. The third kappa shape index (κ3) is 8.36. The van der Waals surface area contributed by atoms with Gasteiger partial charge < -0.3 is 20.1 Å². The molecule has 8 heteroatoms. The number of amides is 1. The molecule has 2 heterocycles. The van der Waals surface area contributed by atoms with Crippen LogP contribution in [-0.4, -0.2) is 84.5 Å². The van der Waals surface area contributed by atoms with E-state index in [9.17, 15) is 9.90 Å². The van der Waals surface area contributed by atoms with Gasteiger partial charge in [0.05, 0.1) is 12.7 Å². The molecule has 3 fully saturated rings. The highest BCUT2D eigenvalue weighted by atomic mass is 16.5. The van der Waals surface area contributed by atoms with Crippen LogP contribution >= 0.6 is 0 Å². The van der Waals surface area contributed by atoms with Crippen molar-refractivity contribution in [2.45, 2.75) is 103 Å². The van der Waals surface area contributed by atoms with Crippen molar-refractivity contribution in [3.63, 3.8) is 0 Å². The first-order valence-corrected chi connectivity index (χ1v) is 15.0. The highest BCUT2D eigenvalue weighted by Crippen LogP contribution is 2.29. The van der Waals surface area contributed by atoms with E-state index < -0.39 is 0 Å². The van der Waals surface area contributed by atoms with Crippen LogP contribution in [-0.2, 0) is 21.4 Å². The van der Waals surface area contributed by atoms with Gasteiger partial charge in [0.15, 0.2) is 0 Å². The van der Waals surface area contributed by atoms with Gasteiger partial charge in [-0.3, -0.25) is 9.69 Å². The second-order valence-corrected chi connectivity index (χ2v) is 12.9. The van der Waals surface area contributed by atoms with Crippen LogP contribution in [0.3, 0.4) is 0 Å². The van der Waals surface area contributed by atoms with Crippen molar-refractivity contribution < 1.29 is 14.6 Å². The fourth-order valence-electron chi connectivity index (χ4n) is 6.13. The van der Waals surface area contributed by atoms with E-state index in [0.29, 0.717) is 12.6 Å². The summed E-state index contributed by atoms with van der Waals surface area (Å²) in [4.78, 5) is 27.4. The lowest BCUT2D eigenvalue weighted by Gasteiger charge is -2.37. The zero-order valence-corrected chi connectivity index (χ0v) is 24.3. The van der Waals surface area contributed by atoms with E-state index >= 15 is 0 Å². The van der Waals surface area contributed by atoms with Crippen LogP contribution in [0.5, 0.6) is 0 Å². The van der Waals surface area contributed by atoms with Gasteiger partial charge in [-0.25, -0.2) is 9.97 Å². The average molecular weight is 530 g/mol. The Morgan fingerprint density at radius 3 is 2.34 bits per heavy atom. The molecule has 2 saturated carbocycles. The molecular weight excluding hydrogens is 478 g/mol. The molecule has 1 amide bonds. The molecule has 1 saturated heterocycles. The molecule has 214 valence electrons. The Labute approximate surface area is 229 Å². The van der Waals surface area contributed by atoms with Gasteiger partial charge in [-0.15, -0.1) is 0 Å². The number of methoxy groups -OCH3 is 1. The lowest BCUT2D eigenvalue weighted by Crippen LogP contribution is -2.47. The fraction of sp³-hybridized carbons (Fsp3) is 0.833. The molecule has 1 aliphatic heterocycles. The highest BCUT2D eigenvalue weighted by molar-refractivity contribution is 5.79. The summed E-state index contributed by atoms with van der Waals surface area (Å²) < 4.78 is 5.29. The fourth-order valence-corrected chi connectivity index (χ4v) is 6.13. The van der Waals surface area contributed by atoms with Crippen LogP contribution in [0, 0.1) is 11.8 Å². The smallest absolute Gasteiger partial charge is 0.223 e. The lowest BCUT2D eigenvalue weighted by molar-refractivity contribution is -0.127. The third-order valence-corrected chi connectivity index (χ3v) is 8.81. The summed E-state index contributed by atoms with van der Waals surface area (Å²) in [6.45, 7) is 12.5. The van der Waals surface area contributed by atoms with E-state index in [0.717, 1.165) is 101 Å². The molecule has 4 rings (SSSR count). The second-order valence-electron chi connectivity index (χ2n) is 12.9. The number of aromatic nitrogens is 2. The van der Waals surface area contributed by atoms with Crippen LogP contribution in [0.1, 0.15) is 90.1 Å². The van der Waals surface area contributed by atoms with Crippen molar-refractivity contribution in [3.8, 4) is 0 Å². The molecule has 2 N–H and O–H groups in total. The number of nitrogens with zero attached hydrogens (tertiary/aromatic N) is 4. The quantitative estimate of drug-likeness (QED) is 0.504. The number of hydrogen-bond acceptors (Lipinski definition) is 7. The molecule has 0 unspecified atom stereocenters. The zero-order valence-electron chi connectivity index (χ0n) is 24.3. The highest BCUT2D eigenvalue weighted by Gasteiger charge is 2.29. The molecule has 0 aromatic carbocycles. The van der Waals surface area contributed by atoms with Gasteiger partial charge in [0.25, 0.3) is 0 Å². The number of carbonyl (C=O) groups excluding carboxylic acids is 1. The van der Waals surface area contributed by atoms with Crippen LogP contribution in [0.2, 0.25) is 0 Å². The monoisotopic (exact) mass is 529 g/mol. The first kappa shape index (κ1) is 29.2. The Balaban J connectivity index is 1.18. The topological polar surface area (TPSA) is 90.8 Å². The number of aliphatic hydroxyl groups is 1. The normalized spacial score (nSPS) is 27.3. The summed E-state index contributed by atoms with van der Waals surface area (Å²) in [5, 5.41) is 13.0. The zero-order chi connectivity index (χ0) is 27.1. The van der Waals surface area contributed by atoms with Crippen LogP contribution < -0.4 is 10.2 Å². The summed E-state index contributed by atoms with van der Waals surface area (Å²) in [6.07, 6.45) is 9.71. The first-order valence-electron chi connectivity index (χ1n) is 15.0. The van der Waals surface area contributed by atoms with Crippen LogP contribution in [0.15, 0.2) is 6.07 Å². The van der Waals surface area contributed by atoms with Gasteiger partial charge in [-0.05, 0) is 70.3 Å². The standard InChI is InChI=1S/C30H51N5O3/c1-30(2,3)29-32-25(14-20-38-4)21-27(33-29)35-18-16-34(17-19-35)15-13-22-5-9-24(10-6-22)31-28(37)23-7-11-26(36)12-8-23/h21-24,26,36H,5-20H2,1-4H3,(H,31,37)/t22-,23-,24+,26-. The van der Waals surface area contributed by atoms with E-state index in [1.54, 1.807) is 7.11 Å². The van der Waals surface area contributed by atoms with Crippen molar-refractivity contribution >= 4 is 11.7 Å². The number of ether oxygens (including phenoxy) is 1. The Hall–Kier alpha value is -1.77. The minimum Gasteiger partial charge on any atom is -0.393 e. The molecule has 8 nitrogen and oxygen atoms in total. The summed E-state index contributed by atoms with van der Waals surface area (Å²) in [5.74, 6) is 3.07. The number of anilines is 1. The van der Waals surface area contributed by atoms with Crippen LogP contribution in [0.25, 0.3) is 0 Å². The largest absolute Gasteiger partial charge is 0.393 e. The van der Waals surface area contributed by atoms with E-state index in [2.05, 4.69) is 42.0 Å². The van der Waals surface area contributed by atoms with Crippen molar-refractivity contribution in [3.05, 3.63) is 17.6 Å². The van der Waals surface area contributed by atoms with Crippen molar-refractivity contribution in [2.24, 2.45) is 11.8 Å². The second kappa shape index (κ2) is 13.5. The van der Waals surface area contributed by atoms with E-state index in [1.807, 2.05) is 0 Å². The van der Waals surface area contributed by atoms with Gasteiger partial charge in [-0.1, -0.05) is 20.8 Å². The molecule has 1 aromatic heterocycles. The van der Waals surface area contributed by atoms with E-state index in [1.165, 1.54) is 19.3 Å². The van der Waals surface area contributed by atoms with Crippen molar-refractivity contribution in [2.75, 3.05) is 51.3 Å². The number of aliphatic hydroxyl groups excluding tert-OH is 1. The predicted molar refractivity (Wildman–Crippen MR) is 151 cm³/mol. The van der Waals surface area contributed by atoms with Crippen LogP contribution in [0.4, 0.5) is 5.82 Å². The third-order valence-electron chi connectivity index (χ3n) is 8.81. The molecule has 0 spiro atoms. The van der Waals surface area contributed by atoms with Gasteiger partial charge in [0, 0.05) is 68.8 Å². The molecule has 38 heavy (non-hydrogen) atoms. The van der Waals surface area contributed by atoms with Gasteiger partial charge in [0.1, 0.15) is 11.6 Å². The number of nitrogens with one attached hydrogen (secondary N) is 1. The molecule has 3 aliphatic rings. The number of rotatable bonds is 9. The molecule has 0 bridgehead atoms. The Kier molecular flexibility index (Phi) is 10.4. The van der Waals surface area contributed by atoms with Crippen molar-refractivity contribution in [1.82, 2.24) is 20.2 Å². The Morgan fingerprint density at radius 2 is 1.71 bits per heavy atom. The van der Waals surface area contributed by atoms with Crippen molar-refractivity contribution in [1.29, 1.82) is 0 Å². The summed E-state index contributed by atoms with van der Waals surface area (Å²) in [7, 11) is 1.74. The molecule has 2 aliphatic carbocycles. The minimum atomic E-state index is -0.204. The summed E-state index contributed by atoms with van der Waals surface area (Å²) in [6, 6.07) is 2.49. The summed E-state index contributed by atoms with van der Waals surface area (Å²) >= 11 is 0. The molecule has 1 aromatic rings. The number of piperazine rings is 1. The maximum absolute atomic E-state index is 12.6. The minimum absolute atomic E-state index is 0.0824. The van der Waals surface area contributed by atoms with E-state index in [4.69, 9.17) is 14.7 Å². The first-order chi connectivity index (χ1) is 18.2. The molecule has 0 atom stereocenters. The van der Waals surface area contributed by atoms with Gasteiger partial charge >= 0.3 is 0 Å². The maximum atomic E-state index is 12.6. The molecular formula is C30H51N5O3. The number of carbonyl (C=O) groups is 1. The lowest BCUT2D eigenvalue weighted by atomic mass is 9.83. The number of hydrogen-bond donors (Lipinski definition) is 2. The average Bonchev–Trinajstić information content (AvgIpc) is 2.91. The SMILES string of the molecule is COCCc1cc(N2CCN(CC[C@H]3CC[C@@H](NC(=O)[C@H]4CC[C@H](O)CC4)CC3)CC2)nc(C(C)(C)C)n1. The van der Waals surface area contributed by atoms with E-state index in [-0.39, 0.29) is 23.3 Å². The maximum Gasteiger partial charge on any atom is 0.223 e. The molecule has 0 radical (unpaired) electrons. The Bertz CT molecular complexity index is 880. The summed E-state index contributed by atoms with van der Waals surface area (Å²) in [5.41, 5.74) is 0.981. The van der Waals surface area contributed by atoms with Gasteiger partial charge in [-0.2, -0.15) is 0 Å². The van der Waals surface area contributed by atoms with Gasteiger partial charge in [0.2, 0.25) is 5.91 Å².